The Bertz CT molecular complexity index is 330. The van der Waals surface area contributed by atoms with Crippen LogP contribution in [0.25, 0.3) is 0 Å². The molecule has 94 valence electrons. The SMILES string of the molecule is CC1CCN(CCOc2ccccc2)CC1Cl. The van der Waals surface area contributed by atoms with Gasteiger partial charge in [0.1, 0.15) is 12.4 Å². The van der Waals surface area contributed by atoms with Crippen LogP contribution >= 0.6 is 11.6 Å². The van der Waals surface area contributed by atoms with E-state index in [4.69, 9.17) is 16.3 Å². The number of hydrogen-bond acceptors (Lipinski definition) is 2. The van der Waals surface area contributed by atoms with E-state index in [1.807, 2.05) is 30.3 Å². The Balaban J connectivity index is 1.69. The second-order valence-corrected chi connectivity index (χ2v) is 5.30. The van der Waals surface area contributed by atoms with E-state index >= 15 is 0 Å². The van der Waals surface area contributed by atoms with Crippen molar-refractivity contribution in [1.82, 2.24) is 4.90 Å². The minimum Gasteiger partial charge on any atom is -0.492 e. The van der Waals surface area contributed by atoms with Crippen LogP contribution in [0.5, 0.6) is 5.75 Å². The number of piperidine rings is 1. The van der Waals surface area contributed by atoms with Gasteiger partial charge in [0.2, 0.25) is 0 Å². The molecule has 2 unspecified atom stereocenters. The van der Waals surface area contributed by atoms with Gasteiger partial charge in [-0.05, 0) is 31.0 Å². The molecule has 1 saturated heterocycles. The lowest BCUT2D eigenvalue weighted by Gasteiger charge is -2.33. The van der Waals surface area contributed by atoms with E-state index < -0.39 is 0 Å². The summed E-state index contributed by atoms with van der Waals surface area (Å²) in [6.07, 6.45) is 1.19. The number of nitrogens with zero attached hydrogens (tertiary/aromatic N) is 1. The minimum absolute atomic E-state index is 0.292. The van der Waals surface area contributed by atoms with Crippen molar-refractivity contribution in [3.8, 4) is 5.75 Å². The Labute approximate surface area is 109 Å². The van der Waals surface area contributed by atoms with Crippen molar-refractivity contribution < 1.29 is 4.74 Å². The van der Waals surface area contributed by atoms with Gasteiger partial charge in [0.15, 0.2) is 0 Å². The van der Waals surface area contributed by atoms with Crippen LogP contribution in [0.1, 0.15) is 13.3 Å². The Morgan fingerprint density at radius 3 is 2.82 bits per heavy atom. The predicted octanol–water partition coefficient (Wildman–Crippen LogP) is 3.01. The molecule has 0 saturated carbocycles. The molecule has 2 atom stereocenters. The molecule has 0 amide bonds. The zero-order chi connectivity index (χ0) is 12.1. The van der Waals surface area contributed by atoms with Crippen molar-refractivity contribution in [2.45, 2.75) is 18.7 Å². The highest BCUT2D eigenvalue weighted by molar-refractivity contribution is 6.21. The van der Waals surface area contributed by atoms with Crippen molar-refractivity contribution >= 4 is 11.6 Å². The lowest BCUT2D eigenvalue weighted by atomic mass is 9.99. The smallest absolute Gasteiger partial charge is 0.119 e. The van der Waals surface area contributed by atoms with Crippen LogP contribution in [0.15, 0.2) is 30.3 Å². The van der Waals surface area contributed by atoms with Crippen molar-refractivity contribution in [2.75, 3.05) is 26.2 Å². The van der Waals surface area contributed by atoms with Gasteiger partial charge < -0.3 is 4.74 Å². The maximum absolute atomic E-state index is 6.28. The topological polar surface area (TPSA) is 12.5 Å². The lowest BCUT2D eigenvalue weighted by Crippen LogP contribution is -2.42. The maximum atomic E-state index is 6.28. The number of ether oxygens (including phenoxy) is 1. The van der Waals surface area contributed by atoms with Crippen LogP contribution in [0.3, 0.4) is 0 Å². The number of likely N-dealkylation sites (tertiary alicyclic amines) is 1. The zero-order valence-corrected chi connectivity index (χ0v) is 11.1. The van der Waals surface area contributed by atoms with Gasteiger partial charge in [0, 0.05) is 18.5 Å². The van der Waals surface area contributed by atoms with E-state index in [9.17, 15) is 0 Å². The Morgan fingerprint density at radius 1 is 1.35 bits per heavy atom. The summed E-state index contributed by atoms with van der Waals surface area (Å²) in [5, 5.41) is 0.292. The summed E-state index contributed by atoms with van der Waals surface area (Å²) in [7, 11) is 0. The minimum atomic E-state index is 0.292. The summed E-state index contributed by atoms with van der Waals surface area (Å²) in [5.41, 5.74) is 0. The van der Waals surface area contributed by atoms with Crippen molar-refractivity contribution in [3.05, 3.63) is 30.3 Å². The highest BCUT2D eigenvalue weighted by Gasteiger charge is 2.23. The second-order valence-electron chi connectivity index (χ2n) is 4.74. The summed E-state index contributed by atoms with van der Waals surface area (Å²) < 4.78 is 5.69. The quantitative estimate of drug-likeness (QED) is 0.765. The molecule has 0 aliphatic carbocycles. The molecule has 0 bridgehead atoms. The molecule has 2 nitrogen and oxygen atoms in total. The van der Waals surface area contributed by atoms with Gasteiger partial charge in [-0.25, -0.2) is 0 Å². The summed E-state index contributed by atoms with van der Waals surface area (Å²) in [5.74, 6) is 1.59. The molecule has 0 radical (unpaired) electrons. The van der Waals surface area contributed by atoms with Gasteiger partial charge in [-0.3, -0.25) is 4.90 Å². The summed E-state index contributed by atoms with van der Waals surface area (Å²) in [4.78, 5) is 2.39. The molecular weight excluding hydrogens is 234 g/mol. The third kappa shape index (κ3) is 3.90. The van der Waals surface area contributed by atoms with Crippen LogP contribution in [0, 0.1) is 5.92 Å². The summed E-state index contributed by atoms with van der Waals surface area (Å²) >= 11 is 6.28. The molecule has 1 aromatic rings. The van der Waals surface area contributed by atoms with E-state index in [0.717, 1.165) is 32.0 Å². The van der Waals surface area contributed by atoms with E-state index in [0.29, 0.717) is 11.3 Å². The zero-order valence-electron chi connectivity index (χ0n) is 10.3. The molecule has 1 aromatic carbocycles. The van der Waals surface area contributed by atoms with Crippen LogP contribution in [0.2, 0.25) is 0 Å². The van der Waals surface area contributed by atoms with E-state index in [2.05, 4.69) is 11.8 Å². The molecule has 0 aromatic heterocycles. The molecule has 1 aliphatic heterocycles. The molecule has 0 spiro atoms. The largest absolute Gasteiger partial charge is 0.492 e. The first kappa shape index (κ1) is 12.7. The fourth-order valence-corrected chi connectivity index (χ4v) is 2.42. The molecule has 1 aliphatic rings. The highest BCUT2D eigenvalue weighted by Crippen LogP contribution is 2.21. The van der Waals surface area contributed by atoms with Gasteiger partial charge in [-0.1, -0.05) is 25.1 Å². The van der Waals surface area contributed by atoms with Crippen LogP contribution in [-0.4, -0.2) is 36.5 Å². The molecule has 2 rings (SSSR count). The lowest BCUT2D eigenvalue weighted by molar-refractivity contribution is 0.163. The average Bonchev–Trinajstić information content (AvgIpc) is 2.35. The fraction of sp³-hybridized carbons (Fsp3) is 0.571. The van der Waals surface area contributed by atoms with Gasteiger partial charge >= 0.3 is 0 Å². The van der Waals surface area contributed by atoms with Crippen molar-refractivity contribution in [2.24, 2.45) is 5.92 Å². The standard InChI is InChI=1S/C14H20ClNO/c1-12-7-8-16(11-14(12)15)9-10-17-13-5-3-2-4-6-13/h2-6,12,14H,7-11H2,1H3. The Kier molecular flexibility index (Phi) is 4.69. The Hall–Kier alpha value is -0.730. The first-order valence-electron chi connectivity index (χ1n) is 6.30. The molecule has 17 heavy (non-hydrogen) atoms. The number of para-hydroxylation sites is 1. The first-order valence-corrected chi connectivity index (χ1v) is 6.73. The maximum Gasteiger partial charge on any atom is 0.119 e. The van der Waals surface area contributed by atoms with Crippen molar-refractivity contribution in [3.63, 3.8) is 0 Å². The first-order chi connectivity index (χ1) is 8.25. The normalized spacial score (nSPS) is 25.8. The molecular formula is C14H20ClNO. The average molecular weight is 254 g/mol. The summed E-state index contributed by atoms with van der Waals surface area (Å²) in [6, 6.07) is 9.96. The van der Waals surface area contributed by atoms with Crippen LogP contribution in [-0.2, 0) is 0 Å². The number of halogens is 1. The van der Waals surface area contributed by atoms with E-state index in [-0.39, 0.29) is 0 Å². The van der Waals surface area contributed by atoms with Gasteiger partial charge in [0.25, 0.3) is 0 Å². The van der Waals surface area contributed by atoms with Crippen molar-refractivity contribution in [1.29, 1.82) is 0 Å². The van der Waals surface area contributed by atoms with Gasteiger partial charge in [0.05, 0.1) is 0 Å². The second kappa shape index (κ2) is 6.27. The van der Waals surface area contributed by atoms with E-state index in [1.165, 1.54) is 6.42 Å². The number of benzene rings is 1. The molecule has 0 N–H and O–H groups in total. The highest BCUT2D eigenvalue weighted by atomic mass is 35.5. The number of hydrogen-bond donors (Lipinski definition) is 0. The predicted molar refractivity (Wildman–Crippen MR) is 71.8 cm³/mol. The molecule has 3 heteroatoms. The van der Waals surface area contributed by atoms with Crippen LogP contribution < -0.4 is 4.74 Å². The van der Waals surface area contributed by atoms with Crippen LogP contribution in [0.4, 0.5) is 0 Å². The Morgan fingerprint density at radius 2 is 2.12 bits per heavy atom. The number of alkyl halides is 1. The molecule has 1 heterocycles. The third-order valence-electron chi connectivity index (χ3n) is 3.37. The third-order valence-corrected chi connectivity index (χ3v) is 3.94. The van der Waals surface area contributed by atoms with Gasteiger partial charge in [-0.2, -0.15) is 0 Å². The number of rotatable bonds is 4. The molecule has 1 fully saturated rings. The fourth-order valence-electron chi connectivity index (χ4n) is 2.10. The van der Waals surface area contributed by atoms with E-state index in [1.54, 1.807) is 0 Å². The monoisotopic (exact) mass is 253 g/mol. The summed E-state index contributed by atoms with van der Waals surface area (Å²) in [6.45, 7) is 6.06. The van der Waals surface area contributed by atoms with Gasteiger partial charge in [-0.15, -0.1) is 11.6 Å².